The smallest absolute Gasteiger partial charge is 0.271 e. The normalized spacial score (nSPS) is 11.1. The number of hydrogen-bond acceptors (Lipinski definition) is 6. The van der Waals surface area contributed by atoms with Gasteiger partial charge in [0, 0.05) is 23.8 Å². The lowest BCUT2D eigenvalue weighted by Crippen LogP contribution is -2.32. The number of aromatic nitrogens is 3. The number of nitrogens with zero attached hydrogens (tertiary/aromatic N) is 3. The Bertz CT molecular complexity index is 1080. The molecule has 0 saturated carbocycles. The molecule has 0 spiro atoms. The van der Waals surface area contributed by atoms with Crippen molar-refractivity contribution in [2.75, 3.05) is 18.8 Å². The fraction of sp³-hybridized carbons (Fsp3) is 0.294. The minimum absolute atomic E-state index is 0.00704. The second-order valence-electron chi connectivity index (χ2n) is 5.56. The molecular formula is C17H17ClN4O2S3. The number of nitrogens with one attached hydrogen (secondary N) is 1. The van der Waals surface area contributed by atoms with E-state index in [2.05, 4.69) is 9.97 Å². The van der Waals surface area contributed by atoms with E-state index < -0.39 is 0 Å². The molecule has 10 heteroatoms. The molecule has 6 nitrogen and oxygen atoms in total. The first-order valence-electron chi connectivity index (χ1n) is 8.27. The second-order valence-corrected chi connectivity index (χ2v) is 8.60. The van der Waals surface area contributed by atoms with E-state index in [9.17, 15) is 9.59 Å². The van der Waals surface area contributed by atoms with E-state index in [4.69, 9.17) is 23.8 Å². The third-order valence-electron chi connectivity index (χ3n) is 3.95. The largest absolute Gasteiger partial charge is 0.343 e. The van der Waals surface area contributed by atoms with Crippen LogP contribution in [-0.2, 0) is 4.79 Å². The molecule has 27 heavy (non-hydrogen) atoms. The molecule has 0 atom stereocenters. The zero-order chi connectivity index (χ0) is 19.6. The van der Waals surface area contributed by atoms with Gasteiger partial charge in [-0.3, -0.25) is 14.2 Å². The predicted octanol–water partition coefficient (Wildman–Crippen LogP) is 4.12. The summed E-state index contributed by atoms with van der Waals surface area (Å²) in [6.45, 7) is 5.17. The Hall–Kier alpha value is -1.68. The molecule has 0 aliphatic heterocycles. The van der Waals surface area contributed by atoms with Crippen LogP contribution in [0.1, 0.15) is 13.8 Å². The van der Waals surface area contributed by atoms with Crippen LogP contribution in [0.4, 0.5) is 0 Å². The van der Waals surface area contributed by atoms with E-state index in [-0.39, 0.29) is 17.2 Å². The molecule has 0 unspecified atom stereocenters. The van der Waals surface area contributed by atoms with E-state index in [1.165, 1.54) is 23.1 Å². The molecule has 0 radical (unpaired) electrons. The molecule has 2 heterocycles. The minimum Gasteiger partial charge on any atom is -0.343 e. The Labute approximate surface area is 174 Å². The van der Waals surface area contributed by atoms with Gasteiger partial charge in [0.1, 0.15) is 4.70 Å². The van der Waals surface area contributed by atoms with Crippen LogP contribution >= 0.6 is 46.9 Å². The number of H-pyrrole nitrogens is 1. The summed E-state index contributed by atoms with van der Waals surface area (Å²) in [5.74, 6) is 0.217. The molecule has 0 aliphatic carbocycles. The molecule has 1 aromatic carbocycles. The number of carbonyl (C=O) groups excluding carboxylic acids is 1. The van der Waals surface area contributed by atoms with Crippen molar-refractivity contribution in [3.05, 3.63) is 43.6 Å². The Morgan fingerprint density at radius 3 is 2.63 bits per heavy atom. The minimum atomic E-state index is -0.262. The lowest BCUT2D eigenvalue weighted by Gasteiger charge is -2.17. The van der Waals surface area contributed by atoms with Crippen LogP contribution in [-0.4, -0.2) is 44.2 Å². The van der Waals surface area contributed by atoms with Gasteiger partial charge in [0.15, 0.2) is 14.8 Å². The van der Waals surface area contributed by atoms with E-state index in [0.717, 1.165) is 5.69 Å². The average molecular weight is 441 g/mol. The quantitative estimate of drug-likeness (QED) is 0.354. The van der Waals surface area contributed by atoms with E-state index in [0.29, 0.717) is 37.6 Å². The Balaban J connectivity index is 1.99. The number of rotatable bonds is 6. The van der Waals surface area contributed by atoms with Crippen molar-refractivity contribution in [1.29, 1.82) is 0 Å². The zero-order valence-corrected chi connectivity index (χ0v) is 17.9. The van der Waals surface area contributed by atoms with E-state index >= 15 is 0 Å². The summed E-state index contributed by atoms with van der Waals surface area (Å²) < 4.78 is 2.72. The Kier molecular flexibility index (Phi) is 6.36. The summed E-state index contributed by atoms with van der Waals surface area (Å²) >= 11 is 13.8. The molecule has 0 aliphatic rings. The average Bonchev–Trinajstić information content (AvgIpc) is 2.98. The van der Waals surface area contributed by atoms with Crippen LogP contribution in [0.3, 0.4) is 0 Å². The second kappa shape index (κ2) is 8.55. The monoisotopic (exact) mass is 440 g/mol. The summed E-state index contributed by atoms with van der Waals surface area (Å²) in [5, 5.41) is 1.00. The SMILES string of the molecule is CCN(CC)C(=O)CSc1nc2c(sc(=S)n2-c2ccc(Cl)cc2)c(=O)[nH]1. The summed E-state index contributed by atoms with van der Waals surface area (Å²) in [6, 6.07) is 7.16. The number of benzene rings is 1. The van der Waals surface area contributed by atoms with Crippen molar-refractivity contribution in [1.82, 2.24) is 19.4 Å². The number of carbonyl (C=O) groups is 1. The Morgan fingerprint density at radius 1 is 1.33 bits per heavy atom. The van der Waals surface area contributed by atoms with Crippen LogP contribution < -0.4 is 5.56 Å². The summed E-state index contributed by atoms with van der Waals surface area (Å²) in [4.78, 5) is 33.7. The van der Waals surface area contributed by atoms with Crippen molar-refractivity contribution in [2.45, 2.75) is 19.0 Å². The first kappa shape index (κ1) is 20.1. The van der Waals surface area contributed by atoms with Gasteiger partial charge in [0.25, 0.3) is 5.56 Å². The summed E-state index contributed by atoms with van der Waals surface area (Å²) in [6.07, 6.45) is 0. The number of halogens is 1. The van der Waals surface area contributed by atoms with Crippen molar-refractivity contribution < 1.29 is 4.79 Å². The van der Waals surface area contributed by atoms with Gasteiger partial charge < -0.3 is 9.88 Å². The third-order valence-corrected chi connectivity index (χ3v) is 6.43. The maximum Gasteiger partial charge on any atom is 0.271 e. The fourth-order valence-electron chi connectivity index (χ4n) is 2.58. The van der Waals surface area contributed by atoms with Crippen molar-refractivity contribution in [3.63, 3.8) is 0 Å². The maximum atomic E-state index is 12.5. The number of fused-ring (bicyclic) bond motifs is 1. The van der Waals surface area contributed by atoms with Crippen molar-refractivity contribution in [2.24, 2.45) is 0 Å². The molecule has 3 aromatic rings. The first-order valence-corrected chi connectivity index (χ1v) is 10.9. The molecule has 0 bridgehead atoms. The van der Waals surface area contributed by atoms with Gasteiger partial charge in [-0.05, 0) is 50.3 Å². The number of hydrogen-bond donors (Lipinski definition) is 1. The highest BCUT2D eigenvalue weighted by molar-refractivity contribution is 7.99. The molecule has 1 amide bonds. The number of thioether (sulfide) groups is 1. The standard InChI is InChI=1S/C17H17ClN4O2S3/c1-3-21(4-2)12(23)9-26-16-19-14-13(15(24)20-16)27-17(25)22(14)11-7-5-10(18)6-8-11/h5-8H,3-4,9H2,1-2H3,(H,19,20,24). The number of thiazole rings is 1. The van der Waals surface area contributed by atoms with Gasteiger partial charge in [0.05, 0.1) is 5.75 Å². The van der Waals surface area contributed by atoms with Gasteiger partial charge >= 0.3 is 0 Å². The predicted molar refractivity (Wildman–Crippen MR) is 114 cm³/mol. The van der Waals surface area contributed by atoms with Crippen molar-refractivity contribution >= 4 is 63.2 Å². The van der Waals surface area contributed by atoms with Gasteiger partial charge in [-0.15, -0.1) is 0 Å². The summed E-state index contributed by atoms with van der Waals surface area (Å²) in [5.41, 5.74) is 0.999. The van der Waals surface area contributed by atoms with Gasteiger partial charge in [0.2, 0.25) is 5.91 Å². The zero-order valence-electron chi connectivity index (χ0n) is 14.7. The van der Waals surface area contributed by atoms with Crippen LogP contribution in [0.2, 0.25) is 5.02 Å². The van der Waals surface area contributed by atoms with E-state index in [1.54, 1.807) is 21.6 Å². The molecular weight excluding hydrogens is 424 g/mol. The third kappa shape index (κ3) is 4.26. The number of amides is 1. The van der Waals surface area contributed by atoms with E-state index in [1.807, 2.05) is 26.0 Å². The van der Waals surface area contributed by atoms with Crippen LogP contribution in [0, 0.1) is 3.95 Å². The molecule has 0 saturated heterocycles. The van der Waals surface area contributed by atoms with Gasteiger partial charge in [-0.1, -0.05) is 34.7 Å². The summed E-state index contributed by atoms with van der Waals surface area (Å²) in [7, 11) is 0. The molecule has 3 rings (SSSR count). The molecule has 142 valence electrons. The lowest BCUT2D eigenvalue weighted by molar-refractivity contribution is -0.127. The van der Waals surface area contributed by atoms with Crippen LogP contribution in [0.15, 0.2) is 34.2 Å². The van der Waals surface area contributed by atoms with Gasteiger partial charge in [-0.2, -0.15) is 0 Å². The van der Waals surface area contributed by atoms with Gasteiger partial charge in [-0.25, -0.2) is 4.98 Å². The van der Waals surface area contributed by atoms with Crippen LogP contribution in [0.25, 0.3) is 16.0 Å². The molecule has 1 N–H and O–H groups in total. The highest BCUT2D eigenvalue weighted by Gasteiger charge is 2.16. The lowest BCUT2D eigenvalue weighted by atomic mass is 10.3. The highest BCUT2D eigenvalue weighted by atomic mass is 35.5. The fourth-order valence-corrected chi connectivity index (χ4v) is 4.73. The number of aromatic amines is 1. The molecule has 0 fully saturated rings. The Morgan fingerprint density at radius 2 is 2.00 bits per heavy atom. The molecule has 2 aromatic heterocycles. The highest BCUT2D eigenvalue weighted by Crippen LogP contribution is 2.25. The first-order chi connectivity index (χ1) is 12.9. The topological polar surface area (TPSA) is 71.0 Å². The maximum absolute atomic E-state index is 12.5. The van der Waals surface area contributed by atoms with Crippen LogP contribution in [0.5, 0.6) is 0 Å². The van der Waals surface area contributed by atoms with Crippen molar-refractivity contribution in [3.8, 4) is 5.69 Å².